The molecule has 0 spiro atoms. The smallest absolute Gasteiger partial charge is 0.388 e. The monoisotopic (exact) mass is 214 g/mol. The molecular weight excluding hydrogens is 207 g/mol. The lowest BCUT2D eigenvalue weighted by atomic mass is 10.2. The van der Waals surface area contributed by atoms with Gasteiger partial charge < -0.3 is 4.74 Å². The number of benzene rings is 1. The third kappa shape index (κ3) is 2.37. The maximum atomic E-state index is 11.9. The molecule has 78 valence electrons. The van der Waals surface area contributed by atoms with E-state index in [1.165, 1.54) is 6.07 Å². The first-order valence-electron chi connectivity index (χ1n) is 4.58. The number of nitrogens with zero attached hydrogens (tertiary/aromatic N) is 1. The maximum absolute atomic E-state index is 11.9. The molecule has 1 aromatic carbocycles. The minimum atomic E-state index is -4.79. The molecule has 0 atom stereocenters. The Morgan fingerprint density at radius 1 is 1.20 bits per heavy atom. The normalized spacial score (nSPS) is 12.6. The molecule has 0 fully saturated rings. The summed E-state index contributed by atoms with van der Waals surface area (Å²) in [7, 11) is 0. The van der Waals surface area contributed by atoms with Gasteiger partial charge in [-0.3, -0.25) is 0 Å². The van der Waals surface area contributed by atoms with Crippen molar-refractivity contribution in [1.82, 2.24) is 4.98 Å². The van der Waals surface area contributed by atoms with E-state index in [0.29, 0.717) is 10.9 Å². The van der Waals surface area contributed by atoms with E-state index in [4.69, 9.17) is 1.37 Å². The molecule has 0 aliphatic rings. The van der Waals surface area contributed by atoms with Gasteiger partial charge in [-0.2, -0.15) is 0 Å². The van der Waals surface area contributed by atoms with Crippen LogP contribution in [0.3, 0.4) is 0 Å². The van der Waals surface area contributed by atoms with Crippen LogP contribution in [-0.4, -0.2) is 11.3 Å². The lowest BCUT2D eigenvalue weighted by Gasteiger charge is -2.07. The lowest BCUT2D eigenvalue weighted by molar-refractivity contribution is -0.276. The second-order valence-electron chi connectivity index (χ2n) is 2.80. The van der Waals surface area contributed by atoms with Crippen LogP contribution >= 0.6 is 0 Å². The van der Waals surface area contributed by atoms with Gasteiger partial charge in [0, 0.05) is 11.5 Å². The van der Waals surface area contributed by atoms with Gasteiger partial charge in [0.05, 0.1) is 6.89 Å². The van der Waals surface area contributed by atoms with Crippen molar-refractivity contribution in [3.05, 3.63) is 36.4 Å². The Morgan fingerprint density at radius 2 is 1.93 bits per heavy atom. The fourth-order valence-electron chi connectivity index (χ4n) is 1.15. The standard InChI is InChI=1S/C10H6F3NO/c11-10(12,13)15-9-6-5-7-3-1-2-4-8(7)14-9/h1-6H/i5D. The Morgan fingerprint density at radius 3 is 2.67 bits per heavy atom. The molecule has 0 unspecified atom stereocenters. The minimum Gasteiger partial charge on any atom is -0.388 e. The van der Waals surface area contributed by atoms with Gasteiger partial charge in [0.1, 0.15) is 0 Å². The number of rotatable bonds is 1. The van der Waals surface area contributed by atoms with Crippen LogP contribution in [0, 0.1) is 0 Å². The molecule has 0 N–H and O–H groups in total. The van der Waals surface area contributed by atoms with Crippen LogP contribution in [0.1, 0.15) is 1.37 Å². The van der Waals surface area contributed by atoms with Gasteiger partial charge in [-0.1, -0.05) is 18.2 Å². The molecule has 2 rings (SSSR count). The minimum absolute atomic E-state index is 0.0511. The average molecular weight is 214 g/mol. The fraction of sp³-hybridized carbons (Fsp3) is 0.100. The van der Waals surface area contributed by atoms with Gasteiger partial charge in [-0.25, -0.2) is 4.98 Å². The molecule has 5 heteroatoms. The summed E-state index contributed by atoms with van der Waals surface area (Å²) in [5.41, 5.74) is 0.300. The third-order valence-corrected chi connectivity index (χ3v) is 1.71. The highest BCUT2D eigenvalue weighted by Crippen LogP contribution is 2.22. The molecule has 1 aromatic heterocycles. The summed E-state index contributed by atoms with van der Waals surface area (Å²) in [5, 5.41) is 0.483. The van der Waals surface area contributed by atoms with Crippen molar-refractivity contribution < 1.29 is 19.3 Å². The second kappa shape index (κ2) is 3.42. The molecule has 0 saturated carbocycles. The predicted octanol–water partition coefficient (Wildman–Crippen LogP) is 3.13. The van der Waals surface area contributed by atoms with Crippen molar-refractivity contribution in [2.24, 2.45) is 0 Å². The molecule has 0 aliphatic heterocycles. The molecule has 2 nitrogen and oxygen atoms in total. The van der Waals surface area contributed by atoms with E-state index in [2.05, 4.69) is 9.72 Å². The Bertz CT molecular complexity index is 527. The lowest BCUT2D eigenvalue weighted by Crippen LogP contribution is -2.17. The number of hydrogen-bond donors (Lipinski definition) is 0. The number of pyridine rings is 1. The number of alkyl halides is 3. The first-order valence-corrected chi connectivity index (χ1v) is 4.08. The van der Waals surface area contributed by atoms with E-state index in [9.17, 15) is 13.2 Å². The van der Waals surface area contributed by atoms with Gasteiger partial charge in [0.15, 0.2) is 0 Å². The number of hydrogen-bond acceptors (Lipinski definition) is 2. The summed E-state index contributed by atoms with van der Waals surface area (Å²) in [5.74, 6) is -0.615. The van der Waals surface area contributed by atoms with Crippen LogP contribution in [0.15, 0.2) is 36.4 Å². The van der Waals surface area contributed by atoms with Crippen LogP contribution in [0.25, 0.3) is 10.9 Å². The summed E-state index contributed by atoms with van der Waals surface area (Å²) in [6, 6.07) is 7.34. The highest BCUT2D eigenvalue weighted by Gasteiger charge is 2.31. The van der Waals surface area contributed by atoms with E-state index < -0.39 is 12.2 Å². The SMILES string of the molecule is [2H]c1cc(OC(F)(F)F)nc2ccccc12. The summed E-state index contributed by atoms with van der Waals surface area (Å²) in [6.45, 7) is 0. The number of halogens is 3. The molecule has 15 heavy (non-hydrogen) atoms. The van der Waals surface area contributed by atoms with Crippen LogP contribution in [0.2, 0.25) is 0 Å². The number of para-hydroxylation sites is 1. The predicted molar refractivity (Wildman–Crippen MR) is 48.4 cm³/mol. The molecule has 0 bridgehead atoms. The zero-order valence-electron chi connectivity index (χ0n) is 8.38. The van der Waals surface area contributed by atoms with Crippen molar-refractivity contribution in [2.75, 3.05) is 0 Å². The Balaban J connectivity index is 2.50. The van der Waals surface area contributed by atoms with Gasteiger partial charge in [-0.15, -0.1) is 13.2 Å². The van der Waals surface area contributed by atoms with Crippen LogP contribution in [0.4, 0.5) is 13.2 Å². The van der Waals surface area contributed by atoms with E-state index in [1.54, 1.807) is 18.2 Å². The molecule has 0 radical (unpaired) electrons. The highest BCUT2D eigenvalue weighted by molar-refractivity contribution is 5.78. The molecule has 0 amide bonds. The zero-order chi connectivity index (χ0) is 11.8. The van der Waals surface area contributed by atoms with Gasteiger partial charge in [-0.05, 0) is 12.1 Å². The van der Waals surface area contributed by atoms with Crippen molar-refractivity contribution in [3.8, 4) is 5.88 Å². The Hall–Kier alpha value is -1.78. The molecule has 0 saturated heterocycles. The summed E-state index contributed by atoms with van der Waals surface area (Å²) >= 11 is 0. The topological polar surface area (TPSA) is 22.1 Å². The van der Waals surface area contributed by atoms with E-state index in [0.717, 1.165) is 6.07 Å². The van der Waals surface area contributed by atoms with Crippen LogP contribution in [0.5, 0.6) is 5.88 Å². The summed E-state index contributed by atoms with van der Waals surface area (Å²) < 4.78 is 47.0. The maximum Gasteiger partial charge on any atom is 0.574 e. The first kappa shape index (κ1) is 8.52. The average Bonchev–Trinajstić information content (AvgIpc) is 2.15. The van der Waals surface area contributed by atoms with Crippen molar-refractivity contribution in [2.45, 2.75) is 6.36 Å². The molecule has 0 aliphatic carbocycles. The summed E-state index contributed by atoms with van der Waals surface area (Å²) in [6.07, 6.45) is -4.79. The summed E-state index contributed by atoms with van der Waals surface area (Å²) in [4.78, 5) is 3.66. The van der Waals surface area contributed by atoms with Gasteiger partial charge in [0.25, 0.3) is 0 Å². The number of fused-ring (bicyclic) bond motifs is 1. The van der Waals surface area contributed by atoms with Crippen LogP contribution in [-0.2, 0) is 0 Å². The van der Waals surface area contributed by atoms with Crippen LogP contribution < -0.4 is 4.74 Å². The van der Waals surface area contributed by atoms with Crippen molar-refractivity contribution in [3.63, 3.8) is 0 Å². The fourth-order valence-corrected chi connectivity index (χ4v) is 1.15. The number of ether oxygens (including phenoxy) is 1. The third-order valence-electron chi connectivity index (χ3n) is 1.71. The van der Waals surface area contributed by atoms with Crippen molar-refractivity contribution in [1.29, 1.82) is 0 Å². The second-order valence-corrected chi connectivity index (χ2v) is 2.80. The molecular formula is C10H6F3NO. The highest BCUT2D eigenvalue weighted by atomic mass is 19.4. The zero-order valence-corrected chi connectivity index (χ0v) is 7.38. The Kier molecular flexibility index (Phi) is 1.94. The largest absolute Gasteiger partial charge is 0.574 e. The number of aromatic nitrogens is 1. The first-order chi connectivity index (χ1) is 7.46. The quantitative estimate of drug-likeness (QED) is 0.727. The van der Waals surface area contributed by atoms with Crippen molar-refractivity contribution >= 4 is 10.9 Å². The molecule has 1 heterocycles. The Labute approximate surface area is 84.7 Å². The van der Waals surface area contributed by atoms with Gasteiger partial charge in [0.2, 0.25) is 5.88 Å². The van der Waals surface area contributed by atoms with E-state index >= 15 is 0 Å². The van der Waals surface area contributed by atoms with E-state index in [-0.39, 0.29) is 6.04 Å². The molecule has 2 aromatic rings. The van der Waals surface area contributed by atoms with Gasteiger partial charge >= 0.3 is 6.36 Å². The van der Waals surface area contributed by atoms with E-state index in [1.807, 2.05) is 0 Å².